The Morgan fingerprint density at radius 3 is 2.04 bits per heavy atom. The summed E-state index contributed by atoms with van der Waals surface area (Å²) in [6.07, 6.45) is -0.841. The summed E-state index contributed by atoms with van der Waals surface area (Å²) in [4.78, 5) is 34.8. The fourth-order valence-electron chi connectivity index (χ4n) is 3.57. The number of ether oxygens (including phenoxy) is 1. The zero-order valence-electron chi connectivity index (χ0n) is 15.6. The zero-order valence-corrected chi connectivity index (χ0v) is 15.6. The largest absolute Gasteiger partial charge is 0.480 e. The Morgan fingerprint density at radius 2 is 1.54 bits per heavy atom. The van der Waals surface area contributed by atoms with Gasteiger partial charge in [0.05, 0.1) is 6.04 Å². The number of carboxylic acid groups (broad SMARTS) is 1. The minimum absolute atomic E-state index is 0.0840. The van der Waals surface area contributed by atoms with Crippen LogP contribution in [0.5, 0.6) is 0 Å². The van der Waals surface area contributed by atoms with Crippen LogP contribution in [0, 0.1) is 0 Å². The molecule has 146 valence electrons. The van der Waals surface area contributed by atoms with E-state index in [0.717, 1.165) is 22.3 Å². The first-order chi connectivity index (χ1) is 13.4. The minimum atomic E-state index is -1.29. The lowest BCUT2D eigenvalue weighted by Gasteiger charge is -2.22. The molecule has 2 atom stereocenters. The molecule has 7 heteroatoms. The van der Waals surface area contributed by atoms with Crippen LogP contribution >= 0.6 is 0 Å². The van der Waals surface area contributed by atoms with E-state index in [2.05, 4.69) is 10.6 Å². The fraction of sp³-hybridized carbons (Fsp3) is 0.286. The highest BCUT2D eigenvalue weighted by Gasteiger charge is 2.31. The van der Waals surface area contributed by atoms with E-state index in [-0.39, 0.29) is 18.4 Å². The molecule has 1 aliphatic rings. The van der Waals surface area contributed by atoms with Crippen LogP contribution in [0.25, 0.3) is 11.1 Å². The molecule has 3 rings (SSSR count). The number of aliphatic carboxylic acids is 1. The van der Waals surface area contributed by atoms with Crippen molar-refractivity contribution in [2.24, 2.45) is 0 Å². The van der Waals surface area contributed by atoms with E-state index >= 15 is 0 Å². The quantitative estimate of drug-likeness (QED) is 0.712. The van der Waals surface area contributed by atoms with Gasteiger partial charge in [0.25, 0.3) is 0 Å². The van der Waals surface area contributed by atoms with Crippen LogP contribution in [0.1, 0.15) is 30.9 Å². The number of hydrogen-bond acceptors (Lipinski definition) is 4. The second-order valence-electron chi connectivity index (χ2n) is 6.77. The first-order valence-electron chi connectivity index (χ1n) is 9.00. The molecule has 0 aliphatic heterocycles. The summed E-state index contributed by atoms with van der Waals surface area (Å²) in [7, 11) is 0. The molecule has 2 aromatic carbocycles. The summed E-state index contributed by atoms with van der Waals surface area (Å²) >= 11 is 0. The third kappa shape index (κ3) is 3.98. The van der Waals surface area contributed by atoms with Crippen molar-refractivity contribution < 1.29 is 24.2 Å². The van der Waals surface area contributed by atoms with Crippen molar-refractivity contribution in [2.75, 3.05) is 6.61 Å². The minimum Gasteiger partial charge on any atom is -0.480 e. The zero-order chi connectivity index (χ0) is 20.3. The van der Waals surface area contributed by atoms with Gasteiger partial charge in [0.15, 0.2) is 0 Å². The molecular formula is C21H22N2O5. The number of carbonyl (C=O) groups is 3. The van der Waals surface area contributed by atoms with Gasteiger partial charge in [0.1, 0.15) is 12.6 Å². The number of benzene rings is 2. The Balaban J connectivity index is 1.69. The molecule has 2 amide bonds. The third-order valence-electron chi connectivity index (χ3n) is 4.81. The van der Waals surface area contributed by atoms with E-state index < -0.39 is 24.1 Å². The number of fused-ring (bicyclic) bond motifs is 3. The number of amides is 2. The molecule has 1 aliphatic carbocycles. The number of alkyl carbamates (subject to hydrolysis) is 1. The van der Waals surface area contributed by atoms with Crippen molar-refractivity contribution in [2.45, 2.75) is 31.8 Å². The topological polar surface area (TPSA) is 105 Å². The molecule has 3 N–H and O–H groups in total. The highest BCUT2D eigenvalue weighted by Crippen LogP contribution is 2.44. The molecule has 0 heterocycles. The van der Waals surface area contributed by atoms with Crippen LogP contribution in [0.3, 0.4) is 0 Å². The lowest BCUT2D eigenvalue weighted by molar-refractivity contribution is -0.140. The standard InChI is InChI=1S/C21H22N2O5/c1-12(22-13(2)24)19(20(25)26)23-21(27)28-11-18-16-9-5-3-7-14(16)15-8-4-6-10-17(15)18/h3-10,12,18-19H,11H2,1-2H3,(H,22,24)(H,23,27)(H,25,26)/t12-,19-/m0/s1. The average molecular weight is 382 g/mol. The van der Waals surface area contributed by atoms with Gasteiger partial charge in [-0.3, -0.25) is 4.79 Å². The van der Waals surface area contributed by atoms with Gasteiger partial charge in [0.2, 0.25) is 5.91 Å². The monoisotopic (exact) mass is 382 g/mol. The molecule has 0 fully saturated rings. The Bertz CT molecular complexity index is 866. The fourth-order valence-corrected chi connectivity index (χ4v) is 3.57. The average Bonchev–Trinajstić information content (AvgIpc) is 2.97. The third-order valence-corrected chi connectivity index (χ3v) is 4.81. The van der Waals surface area contributed by atoms with E-state index in [1.54, 1.807) is 0 Å². The summed E-state index contributed by atoms with van der Waals surface area (Å²) in [5.74, 6) is -1.75. The number of rotatable bonds is 6. The molecule has 0 unspecified atom stereocenters. The predicted octanol–water partition coefficient (Wildman–Crippen LogP) is 2.50. The van der Waals surface area contributed by atoms with E-state index in [0.29, 0.717) is 0 Å². The number of carboxylic acids is 1. The van der Waals surface area contributed by atoms with Crippen molar-refractivity contribution in [3.63, 3.8) is 0 Å². The Labute approximate surface area is 162 Å². The highest BCUT2D eigenvalue weighted by molar-refractivity contribution is 5.82. The van der Waals surface area contributed by atoms with Gasteiger partial charge in [0, 0.05) is 12.8 Å². The molecule has 2 aromatic rings. The van der Waals surface area contributed by atoms with E-state index in [1.165, 1.54) is 13.8 Å². The molecule has 0 radical (unpaired) electrons. The Hall–Kier alpha value is -3.35. The SMILES string of the molecule is CC(=O)N[C@@H](C)[C@H](NC(=O)OCC1c2ccccc2-c2ccccc21)C(=O)O. The molecule has 0 spiro atoms. The van der Waals surface area contributed by atoms with Crippen LogP contribution in [0.15, 0.2) is 48.5 Å². The van der Waals surface area contributed by atoms with Gasteiger partial charge < -0.3 is 20.5 Å². The number of hydrogen-bond donors (Lipinski definition) is 3. The second-order valence-corrected chi connectivity index (χ2v) is 6.77. The van der Waals surface area contributed by atoms with Crippen LogP contribution in [-0.4, -0.2) is 41.8 Å². The normalized spacial score (nSPS) is 14.4. The second kappa shape index (κ2) is 8.12. The van der Waals surface area contributed by atoms with Gasteiger partial charge in [-0.1, -0.05) is 48.5 Å². The van der Waals surface area contributed by atoms with Gasteiger partial charge in [-0.2, -0.15) is 0 Å². The first-order valence-corrected chi connectivity index (χ1v) is 9.00. The predicted molar refractivity (Wildman–Crippen MR) is 103 cm³/mol. The molecule has 28 heavy (non-hydrogen) atoms. The maximum absolute atomic E-state index is 12.2. The summed E-state index contributed by atoms with van der Waals surface area (Å²) < 4.78 is 5.35. The highest BCUT2D eigenvalue weighted by atomic mass is 16.5. The van der Waals surface area contributed by atoms with E-state index in [9.17, 15) is 19.5 Å². The summed E-state index contributed by atoms with van der Waals surface area (Å²) in [6, 6.07) is 13.8. The van der Waals surface area contributed by atoms with Crippen LogP contribution in [-0.2, 0) is 14.3 Å². The van der Waals surface area contributed by atoms with Crippen molar-refractivity contribution in [1.29, 1.82) is 0 Å². The summed E-state index contributed by atoms with van der Waals surface area (Å²) in [5.41, 5.74) is 4.35. The molecule has 7 nitrogen and oxygen atoms in total. The van der Waals surface area contributed by atoms with Gasteiger partial charge >= 0.3 is 12.1 Å². The maximum Gasteiger partial charge on any atom is 0.407 e. The Kier molecular flexibility index (Phi) is 5.63. The molecule has 0 saturated heterocycles. The lowest BCUT2D eigenvalue weighted by atomic mass is 9.98. The first kappa shape index (κ1) is 19.4. The van der Waals surface area contributed by atoms with Gasteiger partial charge in [-0.15, -0.1) is 0 Å². The van der Waals surface area contributed by atoms with Crippen molar-refractivity contribution in [3.8, 4) is 11.1 Å². The summed E-state index contributed by atoms with van der Waals surface area (Å²) in [5, 5.41) is 14.1. The number of carbonyl (C=O) groups excluding carboxylic acids is 2. The van der Waals surface area contributed by atoms with E-state index in [1.807, 2.05) is 48.5 Å². The summed E-state index contributed by atoms with van der Waals surface area (Å²) in [6.45, 7) is 2.87. The number of nitrogens with one attached hydrogen (secondary N) is 2. The molecule has 0 saturated carbocycles. The van der Waals surface area contributed by atoms with Crippen molar-refractivity contribution in [1.82, 2.24) is 10.6 Å². The maximum atomic E-state index is 12.2. The Morgan fingerprint density at radius 1 is 1.00 bits per heavy atom. The van der Waals surface area contributed by atoms with Crippen molar-refractivity contribution in [3.05, 3.63) is 59.7 Å². The van der Waals surface area contributed by atoms with Crippen LogP contribution < -0.4 is 10.6 Å². The van der Waals surface area contributed by atoms with Gasteiger partial charge in [-0.05, 0) is 29.2 Å². The van der Waals surface area contributed by atoms with Gasteiger partial charge in [-0.25, -0.2) is 9.59 Å². The molecule has 0 bridgehead atoms. The van der Waals surface area contributed by atoms with Crippen LogP contribution in [0.4, 0.5) is 4.79 Å². The van der Waals surface area contributed by atoms with E-state index in [4.69, 9.17) is 4.74 Å². The lowest BCUT2D eigenvalue weighted by Crippen LogP contribution is -2.54. The molecular weight excluding hydrogens is 360 g/mol. The van der Waals surface area contributed by atoms with Crippen molar-refractivity contribution >= 4 is 18.0 Å². The smallest absolute Gasteiger partial charge is 0.407 e. The van der Waals surface area contributed by atoms with Crippen LogP contribution in [0.2, 0.25) is 0 Å². The molecule has 0 aromatic heterocycles.